The first-order valence-corrected chi connectivity index (χ1v) is 7.36. The molecule has 4 heteroatoms. The number of halogens is 1. The van der Waals surface area contributed by atoms with Crippen molar-refractivity contribution in [1.29, 1.82) is 0 Å². The van der Waals surface area contributed by atoms with Gasteiger partial charge < -0.3 is 9.69 Å². The molecule has 0 aliphatic carbocycles. The molecular formula is C15H15BrN2O. The number of carbonyl (C=O) groups excluding carboxylic acids is 1. The number of anilines is 1. The Bertz CT molecular complexity index is 614. The van der Waals surface area contributed by atoms with Gasteiger partial charge in [0.1, 0.15) is 12.1 Å². The molecule has 1 atom stereocenters. The van der Waals surface area contributed by atoms with Gasteiger partial charge in [-0.05, 0) is 31.4 Å². The molecule has 2 aromatic rings. The molecule has 1 aliphatic rings. The first kappa shape index (κ1) is 12.6. The van der Waals surface area contributed by atoms with E-state index in [2.05, 4.69) is 31.9 Å². The molecule has 1 fully saturated rings. The molecule has 0 amide bonds. The summed E-state index contributed by atoms with van der Waals surface area (Å²) >= 11 is 3.57. The van der Waals surface area contributed by atoms with Gasteiger partial charge in [-0.15, -0.1) is 0 Å². The van der Waals surface area contributed by atoms with E-state index in [4.69, 9.17) is 0 Å². The molecule has 1 aliphatic heterocycles. The van der Waals surface area contributed by atoms with E-state index >= 15 is 0 Å². The monoisotopic (exact) mass is 318 g/mol. The fourth-order valence-electron chi connectivity index (χ4n) is 2.74. The highest BCUT2D eigenvalue weighted by atomic mass is 79.9. The number of aldehydes is 1. The Kier molecular flexibility index (Phi) is 3.51. The maximum Gasteiger partial charge on any atom is 0.142 e. The zero-order valence-corrected chi connectivity index (χ0v) is 12.1. The predicted octanol–water partition coefficient (Wildman–Crippen LogP) is 3.56. The summed E-state index contributed by atoms with van der Waals surface area (Å²) in [4.78, 5) is 17.9. The van der Waals surface area contributed by atoms with Gasteiger partial charge in [0.15, 0.2) is 0 Å². The van der Waals surface area contributed by atoms with Gasteiger partial charge in [-0.3, -0.25) is 0 Å². The van der Waals surface area contributed by atoms with E-state index in [9.17, 15) is 4.79 Å². The van der Waals surface area contributed by atoms with Crippen molar-refractivity contribution in [3.8, 4) is 0 Å². The molecule has 19 heavy (non-hydrogen) atoms. The predicted molar refractivity (Wildman–Crippen MR) is 80.5 cm³/mol. The lowest BCUT2D eigenvalue weighted by Crippen LogP contribution is -2.41. The van der Waals surface area contributed by atoms with Gasteiger partial charge in [0.25, 0.3) is 0 Å². The van der Waals surface area contributed by atoms with Gasteiger partial charge in [-0.25, -0.2) is 4.98 Å². The number of benzene rings is 1. The average Bonchev–Trinajstić information content (AvgIpc) is 2.47. The Morgan fingerprint density at radius 3 is 3.00 bits per heavy atom. The Labute approximate surface area is 120 Å². The summed E-state index contributed by atoms with van der Waals surface area (Å²) in [7, 11) is 0. The van der Waals surface area contributed by atoms with Crippen LogP contribution in [0.3, 0.4) is 0 Å². The van der Waals surface area contributed by atoms with E-state index < -0.39 is 0 Å². The summed E-state index contributed by atoms with van der Waals surface area (Å²) in [5, 5.41) is 2.24. The molecule has 1 aromatic heterocycles. The molecule has 0 saturated carbocycles. The Balaban J connectivity index is 2.14. The Morgan fingerprint density at radius 2 is 2.16 bits per heavy atom. The van der Waals surface area contributed by atoms with Gasteiger partial charge in [-0.1, -0.05) is 28.1 Å². The van der Waals surface area contributed by atoms with Gasteiger partial charge in [0, 0.05) is 28.0 Å². The second-order valence-electron chi connectivity index (χ2n) is 4.86. The third kappa shape index (κ3) is 2.25. The van der Waals surface area contributed by atoms with Crippen LogP contribution >= 0.6 is 15.9 Å². The molecule has 3 nitrogen and oxygen atoms in total. The molecule has 0 radical (unpaired) electrons. The fourth-order valence-corrected chi connectivity index (χ4v) is 3.24. The third-order valence-electron chi connectivity index (χ3n) is 3.71. The maximum atomic E-state index is 11.3. The summed E-state index contributed by atoms with van der Waals surface area (Å²) in [6.45, 7) is 0.905. The SMILES string of the molecule is O=CC1CCCCN1c1nccc2c(Br)cccc12. The molecule has 2 heterocycles. The number of aromatic nitrogens is 1. The summed E-state index contributed by atoms with van der Waals surface area (Å²) in [5.74, 6) is 0.926. The molecular weight excluding hydrogens is 304 g/mol. The van der Waals surface area contributed by atoms with Crippen LogP contribution in [-0.4, -0.2) is 23.9 Å². The van der Waals surface area contributed by atoms with Gasteiger partial charge in [0.2, 0.25) is 0 Å². The number of fused-ring (bicyclic) bond motifs is 1. The van der Waals surface area contributed by atoms with Crippen LogP contribution in [-0.2, 0) is 4.79 Å². The second-order valence-corrected chi connectivity index (χ2v) is 5.72. The van der Waals surface area contributed by atoms with Crippen LogP contribution in [0.4, 0.5) is 5.82 Å². The van der Waals surface area contributed by atoms with Crippen LogP contribution in [0.15, 0.2) is 34.9 Å². The van der Waals surface area contributed by atoms with Crippen molar-refractivity contribution in [2.24, 2.45) is 0 Å². The van der Waals surface area contributed by atoms with Crippen LogP contribution < -0.4 is 4.90 Å². The number of hydrogen-bond acceptors (Lipinski definition) is 3. The Hall–Kier alpha value is -1.42. The van der Waals surface area contributed by atoms with Crippen LogP contribution in [0, 0.1) is 0 Å². The number of carbonyl (C=O) groups is 1. The number of rotatable bonds is 2. The molecule has 0 bridgehead atoms. The van der Waals surface area contributed by atoms with Crippen LogP contribution in [0.2, 0.25) is 0 Å². The normalized spacial score (nSPS) is 19.6. The standard InChI is InChI=1S/C15H15BrN2O/c16-14-6-3-5-13-12(14)7-8-17-15(13)18-9-2-1-4-11(18)10-19/h3,5-8,10-11H,1-2,4,9H2. The summed E-state index contributed by atoms with van der Waals surface area (Å²) in [5.41, 5.74) is 0. The molecule has 1 saturated heterocycles. The zero-order chi connectivity index (χ0) is 13.2. The van der Waals surface area contributed by atoms with E-state index in [1.165, 1.54) is 0 Å². The first-order valence-electron chi connectivity index (χ1n) is 6.56. The maximum absolute atomic E-state index is 11.3. The largest absolute Gasteiger partial charge is 0.346 e. The smallest absolute Gasteiger partial charge is 0.142 e. The minimum Gasteiger partial charge on any atom is -0.346 e. The van der Waals surface area contributed by atoms with Crippen LogP contribution in [0.5, 0.6) is 0 Å². The minimum atomic E-state index is -0.0363. The van der Waals surface area contributed by atoms with E-state index in [0.717, 1.165) is 53.2 Å². The zero-order valence-electron chi connectivity index (χ0n) is 10.6. The van der Waals surface area contributed by atoms with Crippen molar-refractivity contribution in [2.45, 2.75) is 25.3 Å². The van der Waals surface area contributed by atoms with Crippen molar-refractivity contribution in [3.05, 3.63) is 34.9 Å². The van der Waals surface area contributed by atoms with Gasteiger partial charge >= 0.3 is 0 Å². The topological polar surface area (TPSA) is 33.2 Å². The lowest BCUT2D eigenvalue weighted by atomic mass is 10.0. The number of pyridine rings is 1. The molecule has 1 aromatic carbocycles. The number of nitrogens with zero attached hydrogens (tertiary/aromatic N) is 2. The van der Waals surface area contributed by atoms with Crippen LogP contribution in [0.25, 0.3) is 10.8 Å². The summed E-state index contributed by atoms with van der Waals surface area (Å²) in [6.07, 6.45) is 6.04. The lowest BCUT2D eigenvalue weighted by molar-refractivity contribution is -0.109. The molecule has 1 unspecified atom stereocenters. The number of piperidine rings is 1. The summed E-state index contributed by atoms with van der Waals surface area (Å²) < 4.78 is 1.06. The van der Waals surface area contributed by atoms with Crippen molar-refractivity contribution in [3.63, 3.8) is 0 Å². The lowest BCUT2D eigenvalue weighted by Gasteiger charge is -2.34. The van der Waals surface area contributed by atoms with Crippen molar-refractivity contribution >= 4 is 38.8 Å². The highest BCUT2D eigenvalue weighted by Crippen LogP contribution is 2.32. The van der Waals surface area contributed by atoms with Crippen molar-refractivity contribution < 1.29 is 4.79 Å². The van der Waals surface area contributed by atoms with Gasteiger partial charge in [0.05, 0.1) is 6.04 Å². The van der Waals surface area contributed by atoms with Gasteiger partial charge in [-0.2, -0.15) is 0 Å². The van der Waals surface area contributed by atoms with E-state index in [1.54, 1.807) is 0 Å². The van der Waals surface area contributed by atoms with Crippen molar-refractivity contribution in [1.82, 2.24) is 4.98 Å². The quantitative estimate of drug-likeness (QED) is 0.794. The van der Waals surface area contributed by atoms with Crippen LogP contribution in [0.1, 0.15) is 19.3 Å². The van der Waals surface area contributed by atoms with Crippen molar-refractivity contribution in [2.75, 3.05) is 11.4 Å². The third-order valence-corrected chi connectivity index (χ3v) is 4.40. The molecule has 0 N–H and O–H groups in total. The molecule has 98 valence electrons. The van der Waals surface area contributed by atoms with E-state index in [0.29, 0.717) is 0 Å². The Morgan fingerprint density at radius 1 is 1.26 bits per heavy atom. The second kappa shape index (κ2) is 5.29. The average molecular weight is 319 g/mol. The van der Waals surface area contributed by atoms with E-state index in [-0.39, 0.29) is 6.04 Å². The molecule has 3 rings (SSSR count). The molecule has 0 spiro atoms. The minimum absolute atomic E-state index is 0.0363. The number of hydrogen-bond donors (Lipinski definition) is 0. The highest BCUT2D eigenvalue weighted by Gasteiger charge is 2.24. The van der Waals surface area contributed by atoms with E-state index in [1.807, 2.05) is 24.4 Å². The highest BCUT2D eigenvalue weighted by molar-refractivity contribution is 9.10. The first-order chi connectivity index (χ1) is 9.31. The summed E-state index contributed by atoms with van der Waals surface area (Å²) in [6, 6.07) is 8.07. The fraction of sp³-hybridized carbons (Fsp3) is 0.333.